The molecule has 0 fully saturated rings. The summed E-state index contributed by atoms with van der Waals surface area (Å²) in [4.78, 5) is 0. The number of hydrogen-bond acceptors (Lipinski definition) is 3. The van der Waals surface area contributed by atoms with Crippen LogP contribution < -0.4 is 0 Å². The normalized spacial score (nSPS) is 13.1. The largest absolute Gasteiger partial charge is 0.375 e. The molecule has 0 saturated heterocycles. The minimum atomic E-state index is 0.403. The summed E-state index contributed by atoms with van der Waals surface area (Å²) in [6.45, 7) is 4.61. The molecule has 0 aromatic heterocycles. The fourth-order valence-electron chi connectivity index (χ4n) is 6.61. The summed E-state index contributed by atoms with van der Waals surface area (Å²) < 4.78 is 6.67. The van der Waals surface area contributed by atoms with Crippen molar-refractivity contribution in [3.63, 3.8) is 0 Å². The van der Waals surface area contributed by atoms with E-state index >= 15 is 0 Å². The number of rotatable bonds is 38. The first-order valence-electron chi connectivity index (χ1n) is 20.2. The van der Waals surface area contributed by atoms with Gasteiger partial charge in [0, 0.05) is 0 Å². The summed E-state index contributed by atoms with van der Waals surface area (Å²) in [6.07, 6.45) is 48.3. The van der Waals surface area contributed by atoms with Crippen molar-refractivity contribution >= 4 is 25.3 Å². The number of thiol groups is 2. The lowest BCUT2D eigenvalue weighted by Gasteiger charge is -2.25. The molecule has 260 valence electrons. The van der Waals surface area contributed by atoms with Crippen molar-refractivity contribution in [3.05, 3.63) is 0 Å². The molecule has 0 radical (unpaired) electrons. The molecule has 0 aromatic carbocycles. The van der Waals surface area contributed by atoms with Crippen molar-refractivity contribution < 1.29 is 4.74 Å². The van der Waals surface area contributed by atoms with Gasteiger partial charge in [-0.1, -0.05) is 206 Å². The van der Waals surface area contributed by atoms with Gasteiger partial charge >= 0.3 is 0 Å². The summed E-state index contributed by atoms with van der Waals surface area (Å²) >= 11 is 9.11. The molecule has 43 heavy (non-hydrogen) atoms. The van der Waals surface area contributed by atoms with E-state index in [9.17, 15) is 0 Å². The Balaban J connectivity index is 3.71. The molecule has 2 atom stereocenters. The molecule has 0 spiro atoms. The van der Waals surface area contributed by atoms with Crippen LogP contribution in [-0.2, 0) is 4.74 Å². The van der Waals surface area contributed by atoms with E-state index in [-0.39, 0.29) is 0 Å². The lowest BCUT2D eigenvalue weighted by atomic mass is 10.0. The predicted octanol–water partition coefficient (Wildman–Crippen LogP) is 14.9. The van der Waals surface area contributed by atoms with E-state index in [0.29, 0.717) is 12.2 Å². The average molecular weight is 643 g/mol. The quantitative estimate of drug-likeness (QED) is 0.0503. The Labute approximate surface area is 284 Å². The molecule has 0 aromatic rings. The highest BCUT2D eigenvalue weighted by Crippen LogP contribution is 2.21. The van der Waals surface area contributed by atoms with Crippen LogP contribution in [0.4, 0.5) is 0 Å². The molecular formula is C40H82OS2. The first-order chi connectivity index (χ1) is 21.3. The van der Waals surface area contributed by atoms with Crippen molar-refractivity contribution in [1.29, 1.82) is 0 Å². The molecule has 0 amide bonds. The molecule has 2 unspecified atom stereocenters. The van der Waals surface area contributed by atoms with E-state index in [4.69, 9.17) is 4.74 Å². The van der Waals surface area contributed by atoms with Crippen LogP contribution in [0, 0.1) is 0 Å². The van der Waals surface area contributed by atoms with E-state index in [1.807, 2.05) is 0 Å². The third kappa shape index (κ3) is 35.4. The molecule has 0 heterocycles. The molecule has 0 rings (SSSR count). The number of unbranched alkanes of at least 4 members (excludes halogenated alkanes) is 28. The molecule has 0 bridgehead atoms. The van der Waals surface area contributed by atoms with Gasteiger partial charge in [0.2, 0.25) is 0 Å². The van der Waals surface area contributed by atoms with Crippen LogP contribution in [0.2, 0.25) is 0 Å². The average Bonchev–Trinajstić information content (AvgIpc) is 3.01. The van der Waals surface area contributed by atoms with E-state index in [2.05, 4.69) is 39.1 Å². The highest BCUT2D eigenvalue weighted by molar-refractivity contribution is 7.80. The van der Waals surface area contributed by atoms with Crippen LogP contribution in [0.25, 0.3) is 0 Å². The lowest BCUT2D eigenvalue weighted by Crippen LogP contribution is -2.23. The highest BCUT2D eigenvalue weighted by Gasteiger charge is 2.16. The Morgan fingerprint density at radius 1 is 0.302 bits per heavy atom. The van der Waals surface area contributed by atoms with Gasteiger partial charge in [0.25, 0.3) is 0 Å². The van der Waals surface area contributed by atoms with Crippen molar-refractivity contribution in [3.8, 4) is 0 Å². The molecule has 0 aliphatic heterocycles. The van der Waals surface area contributed by atoms with E-state index in [1.54, 1.807) is 0 Å². The third-order valence-electron chi connectivity index (χ3n) is 9.55. The first-order valence-corrected chi connectivity index (χ1v) is 21.4. The summed E-state index contributed by atoms with van der Waals surface area (Å²) in [6, 6.07) is 0. The fraction of sp³-hybridized carbons (Fsp3) is 1.00. The molecule has 3 heteroatoms. The Bertz CT molecular complexity index is 443. The van der Waals surface area contributed by atoms with Crippen LogP contribution >= 0.6 is 25.3 Å². The molecule has 0 saturated carbocycles. The Morgan fingerprint density at radius 3 is 0.721 bits per heavy atom. The SMILES string of the molecule is CCCCCCCCCCCCCCCCCC(CCS)OC(CCS)CCCCCCCCCCCCCCCCC. The van der Waals surface area contributed by atoms with Crippen molar-refractivity contribution in [2.45, 2.75) is 244 Å². The second kappa shape index (κ2) is 38.8. The van der Waals surface area contributed by atoms with Crippen LogP contribution in [0.15, 0.2) is 0 Å². The number of ether oxygens (including phenoxy) is 1. The smallest absolute Gasteiger partial charge is 0.0586 e. The maximum atomic E-state index is 6.67. The zero-order chi connectivity index (χ0) is 31.3. The standard InChI is InChI=1S/C40H82OS2/c1-3-5-7-9-11-13-15-17-19-21-23-25-27-29-31-33-39(35-37-42)41-40(36-38-43)34-32-30-28-26-24-22-20-18-16-14-12-10-8-6-4-2/h39-40,42-43H,3-38H2,1-2H3. The maximum Gasteiger partial charge on any atom is 0.0586 e. The maximum absolute atomic E-state index is 6.67. The molecule has 1 nitrogen and oxygen atoms in total. The second-order valence-corrected chi connectivity index (χ2v) is 14.8. The van der Waals surface area contributed by atoms with E-state index in [0.717, 1.165) is 24.3 Å². The summed E-state index contributed by atoms with van der Waals surface area (Å²) in [5.41, 5.74) is 0. The minimum absolute atomic E-state index is 0.403. The van der Waals surface area contributed by atoms with Crippen LogP contribution in [0.1, 0.15) is 232 Å². The first kappa shape index (κ1) is 43.7. The van der Waals surface area contributed by atoms with Crippen molar-refractivity contribution in [2.24, 2.45) is 0 Å². The zero-order valence-corrected chi connectivity index (χ0v) is 31.7. The molecular weight excluding hydrogens is 561 g/mol. The van der Waals surface area contributed by atoms with Crippen LogP contribution in [-0.4, -0.2) is 23.7 Å². The van der Waals surface area contributed by atoms with Crippen LogP contribution in [0.5, 0.6) is 0 Å². The molecule has 0 N–H and O–H groups in total. The van der Waals surface area contributed by atoms with Gasteiger partial charge in [-0.25, -0.2) is 0 Å². The van der Waals surface area contributed by atoms with Gasteiger partial charge in [-0.3, -0.25) is 0 Å². The fourth-order valence-corrected chi connectivity index (χ4v) is 7.18. The van der Waals surface area contributed by atoms with Gasteiger partial charge in [-0.2, -0.15) is 25.3 Å². The second-order valence-electron chi connectivity index (χ2n) is 13.9. The van der Waals surface area contributed by atoms with Gasteiger partial charge in [-0.15, -0.1) is 0 Å². The minimum Gasteiger partial charge on any atom is -0.375 e. The monoisotopic (exact) mass is 643 g/mol. The number of hydrogen-bond donors (Lipinski definition) is 2. The van der Waals surface area contributed by atoms with E-state index in [1.165, 1.54) is 205 Å². The van der Waals surface area contributed by atoms with Gasteiger partial charge in [0.05, 0.1) is 12.2 Å². The topological polar surface area (TPSA) is 9.23 Å². The van der Waals surface area contributed by atoms with Crippen molar-refractivity contribution in [1.82, 2.24) is 0 Å². The van der Waals surface area contributed by atoms with E-state index < -0.39 is 0 Å². The van der Waals surface area contributed by atoms with Gasteiger partial charge in [0.1, 0.15) is 0 Å². The Morgan fingerprint density at radius 2 is 0.512 bits per heavy atom. The molecule has 0 aliphatic rings. The Hall–Kier alpha value is 0.660. The summed E-state index contributed by atoms with van der Waals surface area (Å²) in [5, 5.41) is 0. The zero-order valence-electron chi connectivity index (χ0n) is 29.9. The van der Waals surface area contributed by atoms with Crippen molar-refractivity contribution in [2.75, 3.05) is 11.5 Å². The lowest BCUT2D eigenvalue weighted by molar-refractivity contribution is -0.0245. The highest BCUT2D eigenvalue weighted by atomic mass is 32.1. The van der Waals surface area contributed by atoms with Gasteiger partial charge in [-0.05, 0) is 37.2 Å². The predicted molar refractivity (Wildman–Crippen MR) is 205 cm³/mol. The van der Waals surface area contributed by atoms with Gasteiger partial charge in [0.15, 0.2) is 0 Å². The third-order valence-corrected chi connectivity index (χ3v) is 10.1. The Kier molecular flexibility index (Phi) is 39.4. The summed E-state index contributed by atoms with van der Waals surface area (Å²) in [7, 11) is 0. The van der Waals surface area contributed by atoms with Crippen LogP contribution in [0.3, 0.4) is 0 Å². The van der Waals surface area contributed by atoms with Gasteiger partial charge < -0.3 is 4.74 Å². The summed E-state index contributed by atoms with van der Waals surface area (Å²) in [5.74, 6) is 1.88. The molecule has 0 aliphatic carbocycles.